The van der Waals surface area contributed by atoms with Gasteiger partial charge in [0.15, 0.2) is 11.5 Å². The van der Waals surface area contributed by atoms with Crippen molar-refractivity contribution in [3.05, 3.63) is 36.4 Å². The Hall–Kier alpha value is -1.35. The molecule has 2 aromatic rings. The van der Waals surface area contributed by atoms with Crippen LogP contribution < -0.4 is 9.47 Å². The van der Waals surface area contributed by atoms with Gasteiger partial charge in [-0.3, -0.25) is 0 Å². The van der Waals surface area contributed by atoms with Crippen LogP contribution in [0.15, 0.2) is 36.4 Å². The summed E-state index contributed by atoms with van der Waals surface area (Å²) in [4.78, 5) is 0. The highest BCUT2D eigenvalue weighted by Gasteiger charge is 2.41. The Balaban J connectivity index is 1.77. The maximum Gasteiger partial charge on any atom is 0.161 e. The third kappa shape index (κ3) is 1.57. The third-order valence-electron chi connectivity index (χ3n) is 3.70. The average Bonchev–Trinajstić information content (AvgIpc) is 2.55. The van der Waals surface area contributed by atoms with E-state index in [0.29, 0.717) is 0 Å². The number of fused-ring (bicyclic) bond motifs is 2. The predicted octanol–water partition coefficient (Wildman–Crippen LogP) is 3.34. The molecule has 3 heteroatoms. The molecule has 2 aromatic carbocycles. The van der Waals surface area contributed by atoms with Crippen LogP contribution in [0.25, 0.3) is 10.8 Å². The van der Waals surface area contributed by atoms with Crippen molar-refractivity contribution in [2.24, 2.45) is 5.41 Å². The number of thioether (sulfide) groups is 1. The SMILES string of the molecule is c1ccc2cc3c(cc2c1)OCC1(CO3)CSC1. The molecule has 1 spiro atoms. The summed E-state index contributed by atoms with van der Waals surface area (Å²) < 4.78 is 12.0. The van der Waals surface area contributed by atoms with Gasteiger partial charge in [-0.25, -0.2) is 0 Å². The fourth-order valence-corrected chi connectivity index (χ4v) is 3.60. The van der Waals surface area contributed by atoms with Crippen molar-refractivity contribution in [1.29, 1.82) is 0 Å². The van der Waals surface area contributed by atoms with Crippen LogP contribution in [0.3, 0.4) is 0 Å². The van der Waals surface area contributed by atoms with Crippen molar-refractivity contribution in [3.63, 3.8) is 0 Å². The standard InChI is InChI=1S/C15H14O2S/c1-2-4-12-6-14-13(5-11(12)3-1)16-7-15(8-17-14)9-18-10-15/h1-6H,7-10H2. The molecule has 2 nitrogen and oxygen atoms in total. The van der Waals surface area contributed by atoms with Gasteiger partial charge in [0.1, 0.15) is 0 Å². The number of ether oxygens (including phenoxy) is 2. The van der Waals surface area contributed by atoms with Gasteiger partial charge in [0.2, 0.25) is 0 Å². The van der Waals surface area contributed by atoms with Crippen LogP contribution in [0.1, 0.15) is 0 Å². The van der Waals surface area contributed by atoms with Crippen LogP contribution in [-0.2, 0) is 0 Å². The lowest BCUT2D eigenvalue weighted by Gasteiger charge is -2.38. The van der Waals surface area contributed by atoms with Gasteiger partial charge in [0.05, 0.1) is 18.6 Å². The van der Waals surface area contributed by atoms with E-state index >= 15 is 0 Å². The Morgan fingerprint density at radius 1 is 0.889 bits per heavy atom. The highest BCUT2D eigenvalue weighted by molar-refractivity contribution is 8.00. The van der Waals surface area contributed by atoms with Crippen LogP contribution in [0.5, 0.6) is 11.5 Å². The quantitative estimate of drug-likeness (QED) is 0.722. The summed E-state index contributed by atoms with van der Waals surface area (Å²) in [5.74, 6) is 4.09. The van der Waals surface area contributed by atoms with Crippen molar-refractivity contribution >= 4 is 22.5 Å². The van der Waals surface area contributed by atoms with E-state index in [1.54, 1.807) is 0 Å². The van der Waals surface area contributed by atoms with Crippen LogP contribution in [0.2, 0.25) is 0 Å². The van der Waals surface area contributed by atoms with Gasteiger partial charge >= 0.3 is 0 Å². The number of rotatable bonds is 0. The molecular formula is C15H14O2S. The summed E-state index contributed by atoms with van der Waals surface area (Å²) >= 11 is 1.97. The number of hydrogen-bond donors (Lipinski definition) is 0. The Morgan fingerprint density at radius 3 is 1.89 bits per heavy atom. The third-order valence-corrected chi connectivity index (χ3v) is 5.33. The highest BCUT2D eigenvalue weighted by Crippen LogP contribution is 2.43. The smallest absolute Gasteiger partial charge is 0.161 e. The van der Waals surface area contributed by atoms with Gasteiger partial charge in [-0.2, -0.15) is 11.8 Å². The molecule has 1 saturated heterocycles. The van der Waals surface area contributed by atoms with E-state index in [9.17, 15) is 0 Å². The second-order valence-corrected chi connectivity index (χ2v) is 6.20. The maximum absolute atomic E-state index is 5.98. The zero-order valence-electron chi connectivity index (χ0n) is 10.0. The molecule has 2 heterocycles. The molecule has 1 fully saturated rings. The van der Waals surface area contributed by atoms with Crippen molar-refractivity contribution in [2.45, 2.75) is 0 Å². The van der Waals surface area contributed by atoms with E-state index in [1.165, 1.54) is 10.8 Å². The molecule has 4 rings (SSSR count). The minimum Gasteiger partial charge on any atom is -0.489 e. The normalized spacial score (nSPS) is 20.4. The number of hydrogen-bond acceptors (Lipinski definition) is 3. The zero-order valence-corrected chi connectivity index (χ0v) is 10.8. The van der Waals surface area contributed by atoms with Crippen LogP contribution in [0.4, 0.5) is 0 Å². The fraction of sp³-hybridized carbons (Fsp3) is 0.333. The second kappa shape index (κ2) is 3.82. The maximum atomic E-state index is 5.98. The first kappa shape index (κ1) is 10.6. The van der Waals surface area contributed by atoms with Crippen LogP contribution >= 0.6 is 11.8 Å². The molecular weight excluding hydrogens is 244 g/mol. The summed E-state index contributed by atoms with van der Waals surface area (Å²) in [7, 11) is 0. The van der Waals surface area contributed by atoms with Gasteiger partial charge in [0.25, 0.3) is 0 Å². The van der Waals surface area contributed by atoms with Gasteiger partial charge in [-0.15, -0.1) is 0 Å². The lowest BCUT2D eigenvalue weighted by atomic mass is 9.94. The Labute approximate surface area is 110 Å². The second-order valence-electron chi connectivity index (χ2n) is 5.22. The summed E-state index contributed by atoms with van der Waals surface area (Å²) in [6, 6.07) is 12.5. The van der Waals surface area contributed by atoms with Gasteiger partial charge < -0.3 is 9.47 Å². The Bertz CT molecular complexity index is 556. The molecule has 0 bridgehead atoms. The summed E-state index contributed by atoms with van der Waals surface area (Å²) in [5.41, 5.74) is 0.246. The van der Waals surface area contributed by atoms with Crippen molar-refractivity contribution < 1.29 is 9.47 Å². The molecule has 0 aromatic heterocycles. The van der Waals surface area contributed by atoms with Crippen LogP contribution in [-0.4, -0.2) is 24.7 Å². The number of benzene rings is 2. The predicted molar refractivity (Wildman–Crippen MR) is 74.7 cm³/mol. The highest BCUT2D eigenvalue weighted by atomic mass is 32.2. The van der Waals surface area contributed by atoms with E-state index in [0.717, 1.165) is 36.2 Å². The monoisotopic (exact) mass is 258 g/mol. The van der Waals surface area contributed by atoms with Gasteiger partial charge in [-0.1, -0.05) is 24.3 Å². The lowest BCUT2D eigenvalue weighted by Crippen LogP contribution is -2.45. The minimum absolute atomic E-state index is 0.246. The summed E-state index contributed by atoms with van der Waals surface area (Å²) in [5, 5.41) is 2.41. The van der Waals surface area contributed by atoms with E-state index in [1.807, 2.05) is 11.8 Å². The molecule has 0 amide bonds. The van der Waals surface area contributed by atoms with Gasteiger partial charge in [-0.05, 0) is 22.9 Å². The first-order valence-corrected chi connectivity index (χ1v) is 7.36. The zero-order chi connectivity index (χ0) is 12.0. The molecule has 2 aliphatic rings. The molecule has 0 unspecified atom stereocenters. The Morgan fingerprint density at radius 2 is 1.44 bits per heavy atom. The molecule has 0 saturated carbocycles. The molecule has 92 valence electrons. The fourth-order valence-electron chi connectivity index (χ4n) is 2.48. The molecule has 0 N–H and O–H groups in total. The topological polar surface area (TPSA) is 18.5 Å². The molecule has 0 atom stereocenters. The summed E-state index contributed by atoms with van der Waals surface area (Å²) in [6.45, 7) is 1.57. The molecule has 18 heavy (non-hydrogen) atoms. The van der Waals surface area contributed by atoms with E-state index in [-0.39, 0.29) is 5.41 Å². The first-order chi connectivity index (χ1) is 8.85. The van der Waals surface area contributed by atoms with E-state index < -0.39 is 0 Å². The van der Waals surface area contributed by atoms with Gasteiger partial charge in [0, 0.05) is 11.5 Å². The lowest BCUT2D eigenvalue weighted by molar-refractivity contribution is 0.138. The minimum atomic E-state index is 0.246. The largest absolute Gasteiger partial charge is 0.489 e. The molecule has 2 aliphatic heterocycles. The average molecular weight is 258 g/mol. The molecule has 0 radical (unpaired) electrons. The van der Waals surface area contributed by atoms with Crippen LogP contribution in [0, 0.1) is 5.41 Å². The van der Waals surface area contributed by atoms with Crippen molar-refractivity contribution in [3.8, 4) is 11.5 Å². The first-order valence-electron chi connectivity index (χ1n) is 6.21. The molecule has 0 aliphatic carbocycles. The van der Waals surface area contributed by atoms with Crippen molar-refractivity contribution in [1.82, 2.24) is 0 Å². The van der Waals surface area contributed by atoms with E-state index in [2.05, 4.69) is 36.4 Å². The Kier molecular flexibility index (Phi) is 2.24. The van der Waals surface area contributed by atoms with E-state index in [4.69, 9.17) is 9.47 Å². The summed E-state index contributed by atoms with van der Waals surface area (Å²) in [6.07, 6.45) is 0. The van der Waals surface area contributed by atoms with Crippen molar-refractivity contribution in [2.75, 3.05) is 24.7 Å².